The molecule has 0 aliphatic heterocycles. The number of benzene rings is 3. The molecular formula is C23H19N3O7S. The van der Waals surface area contributed by atoms with Crippen molar-refractivity contribution in [3.8, 4) is 11.1 Å². The average Bonchev–Trinajstić information content (AvgIpc) is 2.77. The Balaban J connectivity index is 2.10. The molecule has 34 heavy (non-hydrogen) atoms. The maximum Gasteiger partial charge on any atom is 0.353 e. The molecule has 1 amide bonds. The molecule has 0 fully saturated rings. The monoisotopic (exact) mass is 481 g/mol. The molecule has 3 aromatic carbocycles. The van der Waals surface area contributed by atoms with E-state index in [1.807, 2.05) is 0 Å². The van der Waals surface area contributed by atoms with Crippen molar-refractivity contribution in [3.05, 3.63) is 89.0 Å². The number of nitrogens with one attached hydrogen (secondary N) is 2. The second-order valence-corrected chi connectivity index (χ2v) is 8.71. The lowest BCUT2D eigenvalue weighted by molar-refractivity contribution is 0.0695. The van der Waals surface area contributed by atoms with Gasteiger partial charge >= 0.3 is 22.1 Å². The summed E-state index contributed by atoms with van der Waals surface area (Å²) in [4.78, 5) is 37.1. The van der Waals surface area contributed by atoms with Crippen LogP contribution in [-0.4, -0.2) is 43.5 Å². The van der Waals surface area contributed by atoms with Crippen molar-refractivity contribution in [3.63, 3.8) is 0 Å². The number of anilines is 1. The molecule has 5 N–H and O–H groups in total. The molecule has 11 heteroatoms. The number of amidine groups is 1. The van der Waals surface area contributed by atoms with Crippen LogP contribution in [0.3, 0.4) is 0 Å². The smallest absolute Gasteiger partial charge is 0.353 e. The van der Waals surface area contributed by atoms with Crippen molar-refractivity contribution in [2.45, 2.75) is 0 Å². The first-order chi connectivity index (χ1) is 16.0. The predicted molar refractivity (Wildman–Crippen MR) is 125 cm³/mol. The minimum atomic E-state index is -4.10. The van der Waals surface area contributed by atoms with Crippen LogP contribution < -0.4 is 11.1 Å². The fourth-order valence-electron chi connectivity index (χ4n) is 3.12. The van der Waals surface area contributed by atoms with Crippen LogP contribution in [0.1, 0.15) is 36.6 Å². The normalized spacial score (nSPS) is 10.9. The van der Waals surface area contributed by atoms with Crippen LogP contribution in [0.4, 0.5) is 5.69 Å². The molecule has 10 nitrogen and oxygen atoms in total. The van der Waals surface area contributed by atoms with Crippen molar-refractivity contribution in [2.24, 2.45) is 5.73 Å². The van der Waals surface area contributed by atoms with E-state index in [0.717, 1.165) is 6.07 Å². The van der Waals surface area contributed by atoms with Gasteiger partial charge in [-0.05, 0) is 53.6 Å². The Kier molecular flexibility index (Phi) is 6.78. The Morgan fingerprint density at radius 2 is 1.50 bits per heavy atom. The van der Waals surface area contributed by atoms with Gasteiger partial charge in [-0.1, -0.05) is 24.3 Å². The molecule has 0 aliphatic rings. The van der Waals surface area contributed by atoms with E-state index in [0.29, 0.717) is 17.5 Å². The zero-order chi connectivity index (χ0) is 25.0. The lowest BCUT2D eigenvalue weighted by atomic mass is 9.93. The Labute approximate surface area is 194 Å². The van der Waals surface area contributed by atoms with Gasteiger partial charge in [0.25, 0.3) is 5.91 Å². The molecule has 0 spiro atoms. The van der Waals surface area contributed by atoms with Crippen LogP contribution in [0, 0.1) is 5.41 Å². The van der Waals surface area contributed by atoms with Crippen LogP contribution >= 0.6 is 0 Å². The molecule has 0 aromatic heterocycles. The van der Waals surface area contributed by atoms with Crippen molar-refractivity contribution >= 4 is 39.5 Å². The summed E-state index contributed by atoms with van der Waals surface area (Å²) in [6, 6.07) is 15.8. The molecule has 0 aliphatic carbocycles. The number of carbonyl (C=O) groups is 3. The molecule has 3 rings (SSSR count). The SMILES string of the molecule is CS(=O)(=O)OC(=O)c1ccc(-c2ccccc2C(=O)O)c(C(=O)Nc2ccc(C(=N)N)cc2)c1. The summed E-state index contributed by atoms with van der Waals surface area (Å²) < 4.78 is 27.1. The minimum absolute atomic E-state index is 0.0752. The summed E-state index contributed by atoms with van der Waals surface area (Å²) in [6.45, 7) is 0. The Bertz CT molecular complexity index is 1410. The summed E-state index contributed by atoms with van der Waals surface area (Å²) in [6.07, 6.45) is 0.709. The van der Waals surface area contributed by atoms with Crippen molar-refractivity contribution in [2.75, 3.05) is 11.6 Å². The van der Waals surface area contributed by atoms with Gasteiger partial charge in [-0.25, -0.2) is 9.59 Å². The van der Waals surface area contributed by atoms with Crippen LogP contribution in [0.15, 0.2) is 66.7 Å². The molecule has 0 atom stereocenters. The maximum atomic E-state index is 13.2. The first-order valence-electron chi connectivity index (χ1n) is 9.62. The van der Waals surface area contributed by atoms with E-state index < -0.39 is 28.0 Å². The quantitative estimate of drug-likeness (QED) is 0.226. The van der Waals surface area contributed by atoms with Gasteiger partial charge < -0.3 is 20.3 Å². The van der Waals surface area contributed by atoms with E-state index in [1.165, 1.54) is 54.6 Å². The number of nitrogen functional groups attached to an aromatic ring is 1. The number of rotatable bonds is 7. The van der Waals surface area contributed by atoms with E-state index in [1.54, 1.807) is 6.07 Å². The number of aromatic carboxylic acids is 1. The van der Waals surface area contributed by atoms with Gasteiger partial charge in [-0.3, -0.25) is 10.2 Å². The van der Waals surface area contributed by atoms with Gasteiger partial charge in [0.05, 0.1) is 17.4 Å². The number of nitrogens with two attached hydrogens (primary N) is 1. The van der Waals surface area contributed by atoms with E-state index in [4.69, 9.17) is 11.1 Å². The highest BCUT2D eigenvalue weighted by atomic mass is 32.2. The van der Waals surface area contributed by atoms with Gasteiger partial charge in [-0.15, -0.1) is 0 Å². The van der Waals surface area contributed by atoms with Crippen LogP contribution in [0.25, 0.3) is 11.1 Å². The third kappa shape index (κ3) is 5.64. The first kappa shape index (κ1) is 24.1. The Morgan fingerprint density at radius 1 is 0.912 bits per heavy atom. The topological polar surface area (TPSA) is 177 Å². The molecule has 0 unspecified atom stereocenters. The largest absolute Gasteiger partial charge is 0.478 e. The molecule has 3 aromatic rings. The van der Waals surface area contributed by atoms with E-state index >= 15 is 0 Å². The molecule has 174 valence electrons. The van der Waals surface area contributed by atoms with Gasteiger partial charge in [0.15, 0.2) is 0 Å². The van der Waals surface area contributed by atoms with Gasteiger partial charge in [0.2, 0.25) is 0 Å². The second-order valence-electron chi connectivity index (χ2n) is 7.13. The fourth-order valence-corrected chi connectivity index (χ4v) is 3.49. The number of hydrogen-bond donors (Lipinski definition) is 4. The van der Waals surface area contributed by atoms with Crippen molar-refractivity contribution < 1.29 is 32.1 Å². The summed E-state index contributed by atoms with van der Waals surface area (Å²) in [7, 11) is -4.10. The summed E-state index contributed by atoms with van der Waals surface area (Å²) in [5, 5.41) is 19.6. The minimum Gasteiger partial charge on any atom is -0.478 e. The maximum absolute atomic E-state index is 13.2. The summed E-state index contributed by atoms with van der Waals surface area (Å²) in [5.74, 6) is -3.26. The van der Waals surface area contributed by atoms with Crippen LogP contribution in [0.5, 0.6) is 0 Å². The Hall–Kier alpha value is -4.51. The summed E-state index contributed by atoms with van der Waals surface area (Å²) >= 11 is 0. The third-order valence-corrected chi connectivity index (χ3v) is 5.08. The van der Waals surface area contributed by atoms with Crippen LogP contribution in [-0.2, 0) is 14.3 Å². The molecule has 0 saturated carbocycles. The lowest BCUT2D eigenvalue weighted by Gasteiger charge is -2.14. The number of carboxylic acids is 1. The molecule has 0 heterocycles. The van der Waals surface area contributed by atoms with E-state index in [9.17, 15) is 27.9 Å². The van der Waals surface area contributed by atoms with Crippen molar-refractivity contribution in [1.29, 1.82) is 5.41 Å². The zero-order valence-electron chi connectivity index (χ0n) is 17.7. The molecular weight excluding hydrogens is 462 g/mol. The molecule has 0 radical (unpaired) electrons. The van der Waals surface area contributed by atoms with Gasteiger partial charge in [0.1, 0.15) is 5.84 Å². The number of carboxylic acid groups (broad SMARTS) is 1. The van der Waals surface area contributed by atoms with Gasteiger partial charge in [-0.2, -0.15) is 8.42 Å². The standard InChI is InChI=1S/C23H19N3O7S/c1-34(31,32)33-23(30)14-8-11-17(16-4-2-3-5-18(16)22(28)29)19(12-14)21(27)26-15-9-6-13(7-10-15)20(24)25/h2-12H,1H3,(H3,24,25)(H,26,27)(H,28,29). The zero-order valence-corrected chi connectivity index (χ0v) is 18.5. The highest BCUT2D eigenvalue weighted by Gasteiger charge is 2.22. The van der Waals surface area contributed by atoms with E-state index in [-0.39, 0.29) is 33.7 Å². The number of hydrogen-bond acceptors (Lipinski definition) is 7. The van der Waals surface area contributed by atoms with E-state index in [2.05, 4.69) is 9.50 Å². The fraction of sp³-hybridized carbons (Fsp3) is 0.0435. The molecule has 0 saturated heterocycles. The summed E-state index contributed by atoms with van der Waals surface area (Å²) in [5.41, 5.74) is 6.25. The third-order valence-electron chi connectivity index (χ3n) is 4.63. The number of carbonyl (C=O) groups excluding carboxylic acids is 2. The van der Waals surface area contributed by atoms with Crippen molar-refractivity contribution in [1.82, 2.24) is 0 Å². The molecule has 0 bridgehead atoms. The Morgan fingerprint density at radius 3 is 2.09 bits per heavy atom. The lowest BCUT2D eigenvalue weighted by Crippen LogP contribution is -2.17. The predicted octanol–water partition coefficient (Wildman–Crippen LogP) is 2.70. The highest BCUT2D eigenvalue weighted by molar-refractivity contribution is 7.86. The number of amides is 1. The second kappa shape index (κ2) is 9.55. The van der Waals surface area contributed by atoms with Crippen LogP contribution in [0.2, 0.25) is 0 Å². The van der Waals surface area contributed by atoms with Gasteiger partial charge in [0, 0.05) is 16.8 Å². The average molecular weight is 481 g/mol. The first-order valence-corrected chi connectivity index (χ1v) is 11.4. The highest BCUT2D eigenvalue weighted by Crippen LogP contribution is 2.29.